The molecule has 2 N–H and O–H groups in total. The highest BCUT2D eigenvalue weighted by molar-refractivity contribution is 9.10. The second kappa shape index (κ2) is 5.59. The molecule has 1 atom stereocenters. The Kier molecular flexibility index (Phi) is 4.72. The van der Waals surface area contributed by atoms with Gasteiger partial charge in [0, 0.05) is 16.7 Å². The van der Waals surface area contributed by atoms with E-state index < -0.39 is 6.10 Å². The minimum atomic E-state index is -0.500. The first-order valence-electron chi connectivity index (χ1n) is 4.37. The van der Waals surface area contributed by atoms with Gasteiger partial charge in [0.2, 0.25) is 0 Å². The van der Waals surface area contributed by atoms with Crippen LogP contribution in [0.15, 0.2) is 22.7 Å². The van der Waals surface area contributed by atoms with Crippen LogP contribution in [0.25, 0.3) is 0 Å². The standard InChI is InChI=1S/C10H13BrClNO/c1-7-4-8(11)2-3-10(7)13-6-9(14)5-12/h2-4,9,13-14H,5-6H2,1H3. The van der Waals surface area contributed by atoms with Crippen LogP contribution in [0, 0.1) is 6.92 Å². The number of alkyl halides is 1. The minimum Gasteiger partial charge on any atom is -0.390 e. The zero-order chi connectivity index (χ0) is 10.6. The molecule has 0 heterocycles. The van der Waals surface area contributed by atoms with Gasteiger partial charge in [-0.2, -0.15) is 0 Å². The predicted molar refractivity (Wildman–Crippen MR) is 64.1 cm³/mol. The Labute approximate surface area is 97.4 Å². The van der Waals surface area contributed by atoms with Crippen LogP contribution in [0.4, 0.5) is 5.69 Å². The lowest BCUT2D eigenvalue weighted by atomic mass is 10.2. The van der Waals surface area contributed by atoms with Crippen LogP contribution in [0.3, 0.4) is 0 Å². The van der Waals surface area contributed by atoms with Crippen molar-refractivity contribution in [2.75, 3.05) is 17.7 Å². The maximum atomic E-state index is 9.26. The average molecular weight is 279 g/mol. The van der Waals surface area contributed by atoms with E-state index in [4.69, 9.17) is 11.6 Å². The summed E-state index contributed by atoms with van der Waals surface area (Å²) in [5.41, 5.74) is 2.17. The fourth-order valence-corrected chi connectivity index (χ4v) is 1.69. The zero-order valence-corrected chi connectivity index (χ0v) is 10.3. The number of rotatable bonds is 4. The second-order valence-corrected chi connectivity index (χ2v) is 4.37. The van der Waals surface area contributed by atoms with E-state index in [0.29, 0.717) is 6.54 Å². The molecule has 0 aliphatic heterocycles. The third-order valence-electron chi connectivity index (χ3n) is 1.89. The van der Waals surface area contributed by atoms with E-state index in [2.05, 4.69) is 21.2 Å². The summed E-state index contributed by atoms with van der Waals surface area (Å²) in [6.45, 7) is 2.49. The first kappa shape index (κ1) is 11.8. The van der Waals surface area contributed by atoms with Crippen molar-refractivity contribution in [2.24, 2.45) is 0 Å². The molecule has 0 bridgehead atoms. The van der Waals surface area contributed by atoms with Crippen molar-refractivity contribution in [1.82, 2.24) is 0 Å². The van der Waals surface area contributed by atoms with Crippen LogP contribution in [0.1, 0.15) is 5.56 Å². The van der Waals surface area contributed by atoms with E-state index in [1.165, 1.54) is 0 Å². The highest BCUT2D eigenvalue weighted by Gasteiger charge is 2.03. The average Bonchev–Trinajstić information content (AvgIpc) is 2.16. The molecule has 0 aromatic heterocycles. The van der Waals surface area contributed by atoms with Gasteiger partial charge in [-0.15, -0.1) is 11.6 Å². The molecule has 1 unspecified atom stereocenters. The number of anilines is 1. The van der Waals surface area contributed by atoms with Gasteiger partial charge in [-0.1, -0.05) is 15.9 Å². The van der Waals surface area contributed by atoms with E-state index in [-0.39, 0.29) is 5.88 Å². The molecule has 0 radical (unpaired) electrons. The van der Waals surface area contributed by atoms with Crippen LogP contribution in [0.5, 0.6) is 0 Å². The monoisotopic (exact) mass is 277 g/mol. The van der Waals surface area contributed by atoms with Gasteiger partial charge in [-0.05, 0) is 30.7 Å². The molecule has 0 aliphatic rings. The van der Waals surface area contributed by atoms with Crippen molar-refractivity contribution >= 4 is 33.2 Å². The van der Waals surface area contributed by atoms with Gasteiger partial charge in [-0.25, -0.2) is 0 Å². The van der Waals surface area contributed by atoms with Crippen molar-refractivity contribution in [1.29, 1.82) is 0 Å². The summed E-state index contributed by atoms with van der Waals surface area (Å²) in [7, 11) is 0. The molecule has 1 rings (SSSR count). The second-order valence-electron chi connectivity index (χ2n) is 3.15. The molecule has 14 heavy (non-hydrogen) atoms. The molecule has 1 aromatic rings. The van der Waals surface area contributed by atoms with Gasteiger partial charge in [-0.3, -0.25) is 0 Å². The van der Waals surface area contributed by atoms with Crippen molar-refractivity contribution in [3.8, 4) is 0 Å². The highest BCUT2D eigenvalue weighted by atomic mass is 79.9. The van der Waals surface area contributed by atoms with Gasteiger partial charge in [0.05, 0.1) is 12.0 Å². The smallest absolute Gasteiger partial charge is 0.0847 e. The summed E-state index contributed by atoms with van der Waals surface area (Å²) < 4.78 is 1.05. The quantitative estimate of drug-likeness (QED) is 0.830. The van der Waals surface area contributed by atoms with Gasteiger partial charge in [0.1, 0.15) is 0 Å². The van der Waals surface area contributed by atoms with Crippen LogP contribution in [-0.2, 0) is 0 Å². The molecule has 0 saturated carbocycles. The Morgan fingerprint density at radius 2 is 2.29 bits per heavy atom. The largest absolute Gasteiger partial charge is 0.390 e. The van der Waals surface area contributed by atoms with Gasteiger partial charge in [0.25, 0.3) is 0 Å². The number of hydrogen-bond donors (Lipinski definition) is 2. The summed E-state index contributed by atoms with van der Waals surface area (Å²) in [6, 6.07) is 5.96. The Morgan fingerprint density at radius 3 is 2.86 bits per heavy atom. The third kappa shape index (κ3) is 3.48. The molecular formula is C10H13BrClNO. The maximum absolute atomic E-state index is 9.26. The van der Waals surface area contributed by atoms with E-state index >= 15 is 0 Å². The highest BCUT2D eigenvalue weighted by Crippen LogP contribution is 2.19. The van der Waals surface area contributed by atoms with Crippen LogP contribution in [0.2, 0.25) is 0 Å². The topological polar surface area (TPSA) is 32.3 Å². The van der Waals surface area contributed by atoms with E-state index in [0.717, 1.165) is 15.7 Å². The van der Waals surface area contributed by atoms with Crippen molar-refractivity contribution < 1.29 is 5.11 Å². The molecule has 4 heteroatoms. The van der Waals surface area contributed by atoms with Crippen molar-refractivity contribution in [2.45, 2.75) is 13.0 Å². The molecule has 2 nitrogen and oxygen atoms in total. The molecule has 0 saturated heterocycles. The Bertz CT molecular complexity index is 306. The SMILES string of the molecule is Cc1cc(Br)ccc1NCC(O)CCl. The zero-order valence-electron chi connectivity index (χ0n) is 7.93. The summed E-state index contributed by atoms with van der Waals surface area (Å²) in [5.74, 6) is 0.253. The molecule has 0 spiro atoms. The Hall–Kier alpha value is -0.250. The van der Waals surface area contributed by atoms with Crippen LogP contribution >= 0.6 is 27.5 Å². The molecular weight excluding hydrogens is 265 g/mol. The molecule has 0 amide bonds. The first-order valence-corrected chi connectivity index (χ1v) is 5.70. The van der Waals surface area contributed by atoms with Crippen LogP contribution in [-0.4, -0.2) is 23.6 Å². The minimum absolute atomic E-state index is 0.253. The molecule has 1 aromatic carbocycles. The molecule has 0 fully saturated rings. The van der Waals surface area contributed by atoms with Crippen molar-refractivity contribution in [3.05, 3.63) is 28.2 Å². The summed E-state index contributed by atoms with van der Waals surface area (Å²) >= 11 is 8.88. The van der Waals surface area contributed by atoms with Gasteiger partial charge < -0.3 is 10.4 Å². The number of halogens is 2. The third-order valence-corrected chi connectivity index (χ3v) is 2.74. The number of hydrogen-bond acceptors (Lipinski definition) is 2. The summed E-state index contributed by atoms with van der Waals surface area (Å²) in [4.78, 5) is 0. The number of aliphatic hydroxyl groups is 1. The van der Waals surface area contributed by atoms with E-state index in [9.17, 15) is 5.11 Å². The normalized spacial score (nSPS) is 12.6. The number of benzene rings is 1. The maximum Gasteiger partial charge on any atom is 0.0847 e. The molecule has 78 valence electrons. The van der Waals surface area contributed by atoms with Gasteiger partial charge >= 0.3 is 0 Å². The number of nitrogens with one attached hydrogen (secondary N) is 1. The van der Waals surface area contributed by atoms with Crippen LogP contribution < -0.4 is 5.32 Å². The van der Waals surface area contributed by atoms with E-state index in [1.807, 2.05) is 25.1 Å². The van der Waals surface area contributed by atoms with Crippen molar-refractivity contribution in [3.63, 3.8) is 0 Å². The predicted octanol–water partition coefficient (Wildman–Crippen LogP) is 2.77. The number of aliphatic hydroxyl groups excluding tert-OH is 1. The number of aryl methyl sites for hydroxylation is 1. The lowest BCUT2D eigenvalue weighted by molar-refractivity contribution is 0.211. The molecule has 0 aliphatic carbocycles. The fourth-order valence-electron chi connectivity index (χ4n) is 1.11. The summed E-state index contributed by atoms with van der Waals surface area (Å²) in [5, 5.41) is 12.4. The fraction of sp³-hybridized carbons (Fsp3) is 0.400. The van der Waals surface area contributed by atoms with E-state index in [1.54, 1.807) is 0 Å². The summed E-state index contributed by atoms with van der Waals surface area (Å²) in [6.07, 6.45) is -0.500. The lowest BCUT2D eigenvalue weighted by Gasteiger charge is -2.12. The Morgan fingerprint density at radius 1 is 1.57 bits per heavy atom. The lowest BCUT2D eigenvalue weighted by Crippen LogP contribution is -2.21. The Balaban J connectivity index is 2.59. The first-order chi connectivity index (χ1) is 6.63. The van der Waals surface area contributed by atoms with Gasteiger partial charge in [0.15, 0.2) is 0 Å².